The van der Waals surface area contributed by atoms with Crippen LogP contribution in [0, 0.1) is 10.5 Å². The van der Waals surface area contributed by atoms with Gasteiger partial charge in [0.15, 0.2) is 0 Å². The lowest BCUT2D eigenvalue weighted by Crippen LogP contribution is -2.25. The van der Waals surface area contributed by atoms with Crippen LogP contribution in [0.1, 0.15) is 22.5 Å². The molecule has 0 aliphatic rings. The lowest BCUT2D eigenvalue weighted by atomic mass is 10.1. The Balaban J connectivity index is 1.79. The van der Waals surface area contributed by atoms with E-state index in [1.54, 1.807) is 4.57 Å². The van der Waals surface area contributed by atoms with Crippen LogP contribution in [0.5, 0.6) is 0 Å². The second kappa shape index (κ2) is 8.74. The predicted octanol–water partition coefficient (Wildman–Crippen LogP) is 5.72. The zero-order valence-electron chi connectivity index (χ0n) is 16.2. The largest absolute Gasteiger partial charge is 0.292 e. The lowest BCUT2D eigenvalue weighted by molar-refractivity contribution is 0.655. The van der Waals surface area contributed by atoms with Gasteiger partial charge in [0.1, 0.15) is 5.82 Å². The van der Waals surface area contributed by atoms with Crippen LogP contribution in [0.3, 0.4) is 0 Å². The number of halogens is 1. The predicted molar refractivity (Wildman–Crippen MR) is 129 cm³/mol. The molecule has 0 N–H and O–H groups in total. The minimum atomic E-state index is 0.00822. The molecular weight excluding hydrogens is 471 g/mol. The van der Waals surface area contributed by atoms with Crippen molar-refractivity contribution in [3.8, 4) is 0 Å². The first-order chi connectivity index (χ1) is 14.1. The molecule has 0 unspecified atom stereocenters. The zero-order chi connectivity index (χ0) is 20.2. The second-order valence-electron chi connectivity index (χ2n) is 7.01. The summed E-state index contributed by atoms with van der Waals surface area (Å²) in [5.41, 5.74) is 4.26. The summed E-state index contributed by atoms with van der Waals surface area (Å²) in [5, 5.41) is 0.665. The monoisotopic (exact) mass is 492 g/mol. The maximum Gasteiger partial charge on any atom is 0.261 e. The number of nitrogens with zero attached hydrogens (tertiary/aromatic N) is 2. The number of aromatic nitrogens is 2. The second-order valence-corrected chi connectivity index (χ2v) is 8.26. The number of hydrogen-bond acceptors (Lipinski definition) is 2. The van der Waals surface area contributed by atoms with E-state index >= 15 is 0 Å². The van der Waals surface area contributed by atoms with Gasteiger partial charge >= 0.3 is 0 Å². The molecule has 144 valence electrons. The highest BCUT2D eigenvalue weighted by Gasteiger charge is 2.10. The fourth-order valence-corrected chi connectivity index (χ4v) is 3.87. The van der Waals surface area contributed by atoms with Gasteiger partial charge < -0.3 is 0 Å². The molecule has 0 fully saturated rings. The summed E-state index contributed by atoms with van der Waals surface area (Å²) in [4.78, 5) is 18.1. The molecule has 4 aromatic rings. The van der Waals surface area contributed by atoms with Gasteiger partial charge in [0.2, 0.25) is 0 Å². The molecule has 0 radical (unpaired) electrons. The van der Waals surface area contributed by atoms with Gasteiger partial charge in [-0.15, -0.1) is 0 Å². The van der Waals surface area contributed by atoms with E-state index in [0.29, 0.717) is 17.8 Å². The van der Waals surface area contributed by atoms with Crippen molar-refractivity contribution in [3.63, 3.8) is 0 Å². The van der Waals surface area contributed by atoms with E-state index in [0.717, 1.165) is 21.1 Å². The smallest absolute Gasteiger partial charge is 0.261 e. The fraction of sp³-hybridized carbons (Fsp3) is 0.120. The first-order valence-electron chi connectivity index (χ1n) is 9.59. The summed E-state index contributed by atoms with van der Waals surface area (Å²) in [6, 6.07) is 24.3. The highest BCUT2D eigenvalue weighted by atomic mass is 127. The molecule has 4 heteroatoms. The summed E-state index contributed by atoms with van der Waals surface area (Å²) in [6.45, 7) is 2.67. The maximum absolute atomic E-state index is 13.3. The van der Waals surface area contributed by atoms with E-state index in [4.69, 9.17) is 4.98 Å². The number of benzene rings is 3. The van der Waals surface area contributed by atoms with E-state index in [9.17, 15) is 4.79 Å². The Labute approximate surface area is 183 Å². The zero-order valence-corrected chi connectivity index (χ0v) is 18.3. The van der Waals surface area contributed by atoms with E-state index in [1.165, 1.54) is 11.1 Å². The molecule has 0 amide bonds. The summed E-state index contributed by atoms with van der Waals surface area (Å²) in [7, 11) is 0. The van der Waals surface area contributed by atoms with Crippen molar-refractivity contribution in [3.05, 3.63) is 109 Å². The van der Waals surface area contributed by atoms with Crippen molar-refractivity contribution in [2.24, 2.45) is 0 Å². The van der Waals surface area contributed by atoms with Gasteiger partial charge in [0.05, 0.1) is 10.9 Å². The molecule has 29 heavy (non-hydrogen) atoms. The Morgan fingerprint density at radius 1 is 0.966 bits per heavy atom. The lowest BCUT2D eigenvalue weighted by Gasteiger charge is -2.12. The van der Waals surface area contributed by atoms with Gasteiger partial charge in [-0.05, 0) is 76.9 Å². The summed E-state index contributed by atoms with van der Waals surface area (Å²) >= 11 is 2.23. The third-order valence-corrected chi connectivity index (χ3v) is 5.68. The molecule has 0 saturated carbocycles. The third-order valence-electron chi connectivity index (χ3n) is 5.01. The fourth-order valence-electron chi connectivity index (χ4n) is 3.38. The molecule has 1 aromatic heterocycles. The van der Waals surface area contributed by atoms with Crippen molar-refractivity contribution < 1.29 is 0 Å². The third kappa shape index (κ3) is 4.48. The molecule has 0 aliphatic carbocycles. The minimum Gasteiger partial charge on any atom is -0.292 e. The summed E-state index contributed by atoms with van der Waals surface area (Å²) in [6.07, 6.45) is 4.77. The average Bonchev–Trinajstić information content (AvgIpc) is 2.74. The standard InChI is InChI=1S/C25H21IN2O/c1-18-7-5-6-10-20(18)11-14-24-27-23-13-12-21(26)17-22(23)25(29)28(24)16-15-19-8-3-2-4-9-19/h2-14,17H,15-16H2,1H3. The molecule has 0 saturated heterocycles. The highest BCUT2D eigenvalue weighted by molar-refractivity contribution is 14.1. The Hall–Kier alpha value is -2.73. The molecule has 4 rings (SSSR count). The van der Waals surface area contributed by atoms with Gasteiger partial charge in [0, 0.05) is 10.1 Å². The Kier molecular flexibility index (Phi) is 5.90. The molecule has 0 aliphatic heterocycles. The SMILES string of the molecule is Cc1ccccc1C=Cc1nc2ccc(I)cc2c(=O)n1CCc1ccccc1. The van der Waals surface area contributed by atoms with Crippen LogP contribution in [0.2, 0.25) is 0 Å². The topological polar surface area (TPSA) is 34.9 Å². The van der Waals surface area contributed by atoms with Crippen molar-refractivity contribution in [2.45, 2.75) is 19.9 Å². The number of hydrogen-bond donors (Lipinski definition) is 0. The average molecular weight is 492 g/mol. The van der Waals surface area contributed by atoms with Crippen molar-refractivity contribution in [2.75, 3.05) is 0 Å². The van der Waals surface area contributed by atoms with Crippen LogP contribution < -0.4 is 5.56 Å². The van der Waals surface area contributed by atoms with Crippen LogP contribution in [-0.2, 0) is 13.0 Å². The highest BCUT2D eigenvalue weighted by Crippen LogP contribution is 2.16. The number of aryl methyl sites for hydroxylation is 2. The van der Waals surface area contributed by atoms with Gasteiger partial charge in [-0.1, -0.05) is 60.7 Å². The Morgan fingerprint density at radius 3 is 2.52 bits per heavy atom. The summed E-state index contributed by atoms with van der Waals surface area (Å²) in [5.74, 6) is 0.683. The van der Waals surface area contributed by atoms with Gasteiger partial charge in [-0.25, -0.2) is 4.98 Å². The Morgan fingerprint density at radius 2 is 1.72 bits per heavy atom. The molecule has 0 bridgehead atoms. The molecule has 3 aromatic carbocycles. The van der Waals surface area contributed by atoms with Crippen molar-refractivity contribution >= 4 is 45.6 Å². The Bertz CT molecular complexity index is 1240. The van der Waals surface area contributed by atoms with Crippen LogP contribution >= 0.6 is 22.6 Å². The van der Waals surface area contributed by atoms with Crippen molar-refractivity contribution in [1.82, 2.24) is 9.55 Å². The normalized spacial score (nSPS) is 11.4. The van der Waals surface area contributed by atoms with Crippen molar-refractivity contribution in [1.29, 1.82) is 0 Å². The maximum atomic E-state index is 13.3. The number of rotatable bonds is 5. The molecular formula is C25H21IN2O. The van der Waals surface area contributed by atoms with Gasteiger partial charge in [-0.2, -0.15) is 0 Å². The molecule has 0 atom stereocenters. The van der Waals surface area contributed by atoms with E-state index in [2.05, 4.69) is 53.8 Å². The quantitative estimate of drug-likeness (QED) is 0.334. The molecule has 0 spiro atoms. The van der Waals surface area contributed by atoms with Gasteiger partial charge in [-0.3, -0.25) is 9.36 Å². The first-order valence-corrected chi connectivity index (χ1v) is 10.7. The minimum absolute atomic E-state index is 0.00822. The van der Waals surface area contributed by atoms with Crippen LogP contribution in [-0.4, -0.2) is 9.55 Å². The summed E-state index contributed by atoms with van der Waals surface area (Å²) < 4.78 is 2.83. The van der Waals surface area contributed by atoms with E-state index in [1.807, 2.05) is 60.7 Å². The number of fused-ring (bicyclic) bond motifs is 1. The van der Waals surface area contributed by atoms with Crippen LogP contribution in [0.15, 0.2) is 77.6 Å². The molecule has 1 heterocycles. The van der Waals surface area contributed by atoms with Crippen LogP contribution in [0.4, 0.5) is 0 Å². The first kappa shape index (κ1) is 19.6. The van der Waals surface area contributed by atoms with E-state index in [-0.39, 0.29) is 5.56 Å². The van der Waals surface area contributed by atoms with E-state index < -0.39 is 0 Å². The molecule has 3 nitrogen and oxygen atoms in total. The van der Waals surface area contributed by atoms with Crippen LogP contribution in [0.25, 0.3) is 23.1 Å². The van der Waals surface area contributed by atoms with Gasteiger partial charge in [0.25, 0.3) is 5.56 Å².